The molecule has 0 aromatic carbocycles. The Balaban J connectivity index is 1.80. The second kappa shape index (κ2) is 6.21. The standard InChI is InChI=1S/C14H23N3O2/c1-11(2)13(15)14(18)17-7-5-16(6-8-17)10-12-4-3-9-19-12/h3-4,9,11,13H,5-8,10,15H2,1-2H3/t13-/m0/s1. The first-order valence-corrected chi connectivity index (χ1v) is 6.87. The van der Waals surface area contributed by atoms with Crippen molar-refractivity contribution in [3.05, 3.63) is 24.2 Å². The van der Waals surface area contributed by atoms with Gasteiger partial charge in [-0.3, -0.25) is 9.69 Å². The summed E-state index contributed by atoms with van der Waals surface area (Å²) in [5.74, 6) is 1.24. The van der Waals surface area contributed by atoms with Gasteiger partial charge in [-0.2, -0.15) is 0 Å². The van der Waals surface area contributed by atoms with Crippen LogP contribution in [0.4, 0.5) is 0 Å². The van der Waals surface area contributed by atoms with Crippen molar-refractivity contribution in [1.82, 2.24) is 9.80 Å². The molecule has 5 nitrogen and oxygen atoms in total. The topological polar surface area (TPSA) is 62.7 Å². The van der Waals surface area contributed by atoms with Crippen LogP contribution >= 0.6 is 0 Å². The molecule has 106 valence electrons. The van der Waals surface area contributed by atoms with Gasteiger partial charge in [0.15, 0.2) is 0 Å². The molecule has 0 spiro atoms. The van der Waals surface area contributed by atoms with Crippen molar-refractivity contribution in [2.45, 2.75) is 26.4 Å². The number of nitrogens with zero attached hydrogens (tertiary/aromatic N) is 2. The number of amides is 1. The fourth-order valence-corrected chi connectivity index (χ4v) is 2.25. The minimum Gasteiger partial charge on any atom is -0.468 e. The molecule has 5 heteroatoms. The van der Waals surface area contributed by atoms with Crippen LogP contribution in [0.5, 0.6) is 0 Å². The van der Waals surface area contributed by atoms with E-state index in [1.165, 1.54) is 0 Å². The van der Waals surface area contributed by atoms with Crippen molar-refractivity contribution in [2.24, 2.45) is 11.7 Å². The quantitative estimate of drug-likeness (QED) is 0.879. The van der Waals surface area contributed by atoms with Gasteiger partial charge in [0.25, 0.3) is 0 Å². The first kappa shape index (κ1) is 14.1. The number of rotatable bonds is 4. The highest BCUT2D eigenvalue weighted by atomic mass is 16.3. The van der Waals surface area contributed by atoms with Gasteiger partial charge in [0.05, 0.1) is 18.8 Å². The molecule has 0 aliphatic carbocycles. The molecule has 0 radical (unpaired) electrons. The molecule has 0 bridgehead atoms. The predicted octanol–water partition coefficient (Wildman–Crippen LogP) is 0.907. The average molecular weight is 265 g/mol. The Kier molecular flexibility index (Phi) is 4.61. The van der Waals surface area contributed by atoms with Crippen LogP contribution in [-0.4, -0.2) is 47.9 Å². The van der Waals surface area contributed by atoms with Gasteiger partial charge in [-0.1, -0.05) is 13.8 Å². The first-order valence-electron chi connectivity index (χ1n) is 6.87. The SMILES string of the molecule is CC(C)[C@H](N)C(=O)N1CCN(Cc2ccco2)CC1. The van der Waals surface area contributed by atoms with E-state index in [0.717, 1.165) is 38.5 Å². The Bertz CT molecular complexity index is 395. The van der Waals surface area contributed by atoms with Crippen LogP contribution in [0, 0.1) is 5.92 Å². The third-order valence-corrected chi connectivity index (χ3v) is 3.65. The monoisotopic (exact) mass is 265 g/mol. The second-order valence-corrected chi connectivity index (χ2v) is 5.45. The van der Waals surface area contributed by atoms with Gasteiger partial charge < -0.3 is 15.1 Å². The highest BCUT2D eigenvalue weighted by Gasteiger charge is 2.26. The van der Waals surface area contributed by atoms with E-state index in [1.54, 1.807) is 6.26 Å². The van der Waals surface area contributed by atoms with Crippen LogP contribution in [0.2, 0.25) is 0 Å². The van der Waals surface area contributed by atoms with Gasteiger partial charge in [-0.05, 0) is 18.1 Å². The van der Waals surface area contributed by atoms with E-state index < -0.39 is 0 Å². The Morgan fingerprint density at radius 1 is 1.37 bits per heavy atom. The lowest BCUT2D eigenvalue weighted by Gasteiger charge is -2.36. The smallest absolute Gasteiger partial charge is 0.239 e. The minimum absolute atomic E-state index is 0.0765. The summed E-state index contributed by atoms with van der Waals surface area (Å²) in [6.07, 6.45) is 1.69. The summed E-state index contributed by atoms with van der Waals surface area (Å²) >= 11 is 0. The fraction of sp³-hybridized carbons (Fsp3) is 0.643. The Morgan fingerprint density at radius 3 is 2.58 bits per heavy atom. The van der Waals surface area contributed by atoms with Crippen LogP contribution in [0.15, 0.2) is 22.8 Å². The largest absolute Gasteiger partial charge is 0.468 e. The van der Waals surface area contributed by atoms with Crippen LogP contribution in [0.1, 0.15) is 19.6 Å². The van der Waals surface area contributed by atoms with Crippen molar-refractivity contribution in [3.8, 4) is 0 Å². The van der Waals surface area contributed by atoms with Crippen LogP contribution in [0.3, 0.4) is 0 Å². The third-order valence-electron chi connectivity index (χ3n) is 3.65. The number of piperazine rings is 1. The maximum Gasteiger partial charge on any atom is 0.239 e. The molecule has 1 aromatic rings. The summed E-state index contributed by atoms with van der Waals surface area (Å²) < 4.78 is 5.34. The summed E-state index contributed by atoms with van der Waals surface area (Å²) in [5.41, 5.74) is 5.92. The van der Waals surface area contributed by atoms with Crippen LogP contribution in [0.25, 0.3) is 0 Å². The normalized spacial score (nSPS) is 18.8. The fourth-order valence-electron chi connectivity index (χ4n) is 2.25. The molecule has 2 heterocycles. The maximum absolute atomic E-state index is 12.1. The summed E-state index contributed by atoms with van der Waals surface area (Å²) in [6.45, 7) is 8.02. The van der Waals surface area contributed by atoms with Crippen molar-refractivity contribution in [3.63, 3.8) is 0 Å². The van der Waals surface area contributed by atoms with Gasteiger partial charge in [-0.15, -0.1) is 0 Å². The zero-order valence-corrected chi connectivity index (χ0v) is 11.7. The van der Waals surface area contributed by atoms with Gasteiger partial charge in [0.2, 0.25) is 5.91 Å². The van der Waals surface area contributed by atoms with E-state index in [9.17, 15) is 4.79 Å². The number of furan rings is 1. The molecule has 1 aliphatic rings. The minimum atomic E-state index is -0.378. The van der Waals surface area contributed by atoms with Crippen LogP contribution in [-0.2, 0) is 11.3 Å². The van der Waals surface area contributed by atoms with Crippen molar-refractivity contribution in [1.29, 1.82) is 0 Å². The molecule has 1 amide bonds. The van der Waals surface area contributed by atoms with Crippen LogP contribution < -0.4 is 5.73 Å². The molecule has 1 saturated heterocycles. The number of carbonyl (C=O) groups is 1. The molecule has 0 unspecified atom stereocenters. The van der Waals surface area contributed by atoms with Crippen molar-refractivity contribution >= 4 is 5.91 Å². The lowest BCUT2D eigenvalue weighted by molar-refractivity contribution is -0.135. The van der Waals surface area contributed by atoms with E-state index in [-0.39, 0.29) is 17.9 Å². The Labute approximate surface area is 114 Å². The number of nitrogens with two attached hydrogens (primary N) is 1. The summed E-state index contributed by atoms with van der Waals surface area (Å²) in [4.78, 5) is 16.3. The maximum atomic E-state index is 12.1. The van der Waals surface area contributed by atoms with Crippen molar-refractivity contribution < 1.29 is 9.21 Å². The lowest BCUT2D eigenvalue weighted by atomic mass is 10.0. The number of carbonyl (C=O) groups excluding carboxylic acids is 1. The summed E-state index contributed by atoms with van der Waals surface area (Å²) in [7, 11) is 0. The molecule has 1 fully saturated rings. The first-order chi connectivity index (χ1) is 9.08. The van der Waals surface area contributed by atoms with Crippen molar-refractivity contribution in [2.75, 3.05) is 26.2 Å². The highest BCUT2D eigenvalue weighted by molar-refractivity contribution is 5.82. The van der Waals surface area contributed by atoms with Gasteiger partial charge >= 0.3 is 0 Å². The molecule has 2 N–H and O–H groups in total. The van der Waals surface area contributed by atoms with Gasteiger partial charge in [-0.25, -0.2) is 0 Å². The molecule has 1 aromatic heterocycles. The Hall–Kier alpha value is -1.33. The molecule has 19 heavy (non-hydrogen) atoms. The molecule has 0 saturated carbocycles. The number of hydrogen-bond acceptors (Lipinski definition) is 4. The summed E-state index contributed by atoms with van der Waals surface area (Å²) in [6, 6.07) is 3.50. The van der Waals surface area contributed by atoms with Gasteiger partial charge in [0, 0.05) is 26.2 Å². The molecule has 1 atom stereocenters. The average Bonchev–Trinajstić information content (AvgIpc) is 2.90. The predicted molar refractivity (Wildman–Crippen MR) is 73.4 cm³/mol. The van der Waals surface area contributed by atoms with E-state index in [2.05, 4.69) is 4.90 Å². The van der Waals surface area contributed by atoms with E-state index in [1.807, 2.05) is 30.9 Å². The second-order valence-electron chi connectivity index (χ2n) is 5.45. The third kappa shape index (κ3) is 3.58. The van der Waals surface area contributed by atoms with E-state index in [0.29, 0.717) is 0 Å². The number of hydrogen-bond donors (Lipinski definition) is 1. The van der Waals surface area contributed by atoms with E-state index >= 15 is 0 Å². The zero-order chi connectivity index (χ0) is 13.8. The zero-order valence-electron chi connectivity index (χ0n) is 11.7. The molecule has 1 aliphatic heterocycles. The Morgan fingerprint density at radius 2 is 2.05 bits per heavy atom. The van der Waals surface area contributed by atoms with Gasteiger partial charge in [0.1, 0.15) is 5.76 Å². The molecular weight excluding hydrogens is 242 g/mol. The lowest BCUT2D eigenvalue weighted by Crippen LogP contribution is -2.54. The molecule has 2 rings (SSSR count). The molecular formula is C14H23N3O2. The van der Waals surface area contributed by atoms with E-state index in [4.69, 9.17) is 10.2 Å². The summed E-state index contributed by atoms with van der Waals surface area (Å²) in [5, 5.41) is 0. The highest BCUT2D eigenvalue weighted by Crippen LogP contribution is 2.11.